The minimum absolute atomic E-state index is 0.562. The Hall–Kier alpha value is -6.91. The number of furan rings is 1. The van der Waals surface area contributed by atoms with E-state index in [-0.39, 0.29) is 0 Å². The summed E-state index contributed by atoms with van der Waals surface area (Å²) in [5.74, 6) is 1.76. The van der Waals surface area contributed by atoms with Crippen molar-refractivity contribution in [3.05, 3.63) is 176 Å². The number of hydrogen-bond acceptors (Lipinski definition) is 4. The largest absolute Gasteiger partial charge is 0.455 e. The second-order valence-electron chi connectivity index (χ2n) is 12.8. The van der Waals surface area contributed by atoms with Crippen LogP contribution >= 0.6 is 0 Å². The highest BCUT2D eigenvalue weighted by molar-refractivity contribution is 6.14. The second kappa shape index (κ2) is 11.9. The van der Waals surface area contributed by atoms with Crippen molar-refractivity contribution in [2.75, 3.05) is 0 Å². The molecular weight excluding hydrogens is 623 g/mol. The number of para-hydroxylation sites is 2. The number of hydrogen-bond donors (Lipinski definition) is 0. The predicted octanol–water partition coefficient (Wildman–Crippen LogP) is 12.4. The Kier molecular flexibility index (Phi) is 6.78. The molecule has 0 unspecified atom stereocenters. The predicted molar refractivity (Wildman–Crippen MR) is 209 cm³/mol. The zero-order valence-electron chi connectivity index (χ0n) is 27.5. The minimum atomic E-state index is 0.562. The number of rotatable bonds is 5. The van der Waals surface area contributed by atoms with Gasteiger partial charge in [0.2, 0.25) is 0 Å². The second-order valence-corrected chi connectivity index (χ2v) is 12.8. The van der Waals surface area contributed by atoms with Gasteiger partial charge in [-0.15, -0.1) is 0 Å². The molecule has 0 spiro atoms. The number of aromatic nitrogens is 3. The molecule has 0 amide bonds. The molecule has 0 aliphatic rings. The molecule has 238 valence electrons. The molecule has 0 N–H and O–H groups in total. The van der Waals surface area contributed by atoms with Crippen molar-refractivity contribution in [1.82, 2.24) is 15.0 Å². The maximum atomic E-state index is 6.45. The van der Waals surface area contributed by atoms with Gasteiger partial charge < -0.3 is 4.42 Å². The molecule has 0 atom stereocenters. The molecule has 10 aromatic rings. The summed E-state index contributed by atoms with van der Waals surface area (Å²) in [7, 11) is 0. The maximum absolute atomic E-state index is 6.45. The van der Waals surface area contributed by atoms with Crippen molar-refractivity contribution < 1.29 is 4.42 Å². The van der Waals surface area contributed by atoms with E-state index in [4.69, 9.17) is 19.4 Å². The van der Waals surface area contributed by atoms with Gasteiger partial charge in [-0.25, -0.2) is 15.0 Å². The lowest BCUT2D eigenvalue weighted by Gasteiger charge is -2.13. The highest BCUT2D eigenvalue weighted by Crippen LogP contribution is 2.38. The topological polar surface area (TPSA) is 51.8 Å². The molecule has 4 heteroatoms. The third kappa shape index (κ3) is 4.96. The summed E-state index contributed by atoms with van der Waals surface area (Å²) >= 11 is 0. The van der Waals surface area contributed by atoms with E-state index in [9.17, 15) is 0 Å². The maximum Gasteiger partial charge on any atom is 0.167 e. The van der Waals surface area contributed by atoms with Crippen molar-refractivity contribution >= 4 is 43.5 Å². The third-order valence-corrected chi connectivity index (χ3v) is 9.76. The van der Waals surface area contributed by atoms with Gasteiger partial charge in [0.05, 0.1) is 5.56 Å². The van der Waals surface area contributed by atoms with Crippen molar-refractivity contribution in [2.45, 2.75) is 0 Å². The first-order chi connectivity index (χ1) is 25.3. The summed E-state index contributed by atoms with van der Waals surface area (Å²) in [6, 6.07) is 61.1. The molecule has 0 saturated carbocycles. The molecule has 51 heavy (non-hydrogen) atoms. The Labute approximate surface area is 294 Å². The normalized spacial score (nSPS) is 11.5. The lowest BCUT2D eigenvalue weighted by Crippen LogP contribution is -2.01. The van der Waals surface area contributed by atoms with E-state index < -0.39 is 0 Å². The fraction of sp³-hybridized carbons (Fsp3) is 0. The van der Waals surface area contributed by atoms with Crippen molar-refractivity contribution in [3.63, 3.8) is 0 Å². The van der Waals surface area contributed by atoms with E-state index in [1.54, 1.807) is 0 Å². The molecule has 0 aliphatic heterocycles. The number of nitrogens with zero attached hydrogens (tertiary/aromatic N) is 3. The Bertz CT molecular complexity index is 2910. The summed E-state index contributed by atoms with van der Waals surface area (Å²) in [4.78, 5) is 15.4. The molecule has 2 heterocycles. The summed E-state index contributed by atoms with van der Waals surface area (Å²) in [6.45, 7) is 0. The molecule has 0 fully saturated rings. The van der Waals surface area contributed by atoms with Crippen LogP contribution in [-0.4, -0.2) is 15.0 Å². The smallest absolute Gasteiger partial charge is 0.167 e. The van der Waals surface area contributed by atoms with Gasteiger partial charge in [-0.3, -0.25) is 0 Å². The fourth-order valence-corrected chi connectivity index (χ4v) is 7.32. The summed E-state index contributed by atoms with van der Waals surface area (Å²) < 4.78 is 6.45. The third-order valence-electron chi connectivity index (χ3n) is 9.76. The van der Waals surface area contributed by atoms with Gasteiger partial charge in [0.1, 0.15) is 11.2 Å². The van der Waals surface area contributed by atoms with Gasteiger partial charge in [0.15, 0.2) is 17.5 Å². The Morgan fingerprint density at radius 3 is 1.73 bits per heavy atom. The van der Waals surface area contributed by atoms with Crippen LogP contribution in [0.1, 0.15) is 0 Å². The summed E-state index contributed by atoms with van der Waals surface area (Å²) in [5, 5.41) is 7.05. The molecular formula is C47H29N3O. The Balaban J connectivity index is 1.16. The Morgan fingerprint density at radius 1 is 0.314 bits per heavy atom. The van der Waals surface area contributed by atoms with Crippen molar-refractivity contribution in [1.29, 1.82) is 0 Å². The molecule has 8 aromatic carbocycles. The van der Waals surface area contributed by atoms with Gasteiger partial charge in [0, 0.05) is 21.9 Å². The van der Waals surface area contributed by atoms with Crippen LogP contribution in [0.2, 0.25) is 0 Å². The zero-order chi connectivity index (χ0) is 33.7. The van der Waals surface area contributed by atoms with Gasteiger partial charge in [-0.1, -0.05) is 164 Å². The van der Waals surface area contributed by atoms with E-state index in [1.165, 1.54) is 27.1 Å². The van der Waals surface area contributed by atoms with E-state index in [2.05, 4.69) is 133 Å². The van der Waals surface area contributed by atoms with Gasteiger partial charge in [0.25, 0.3) is 0 Å². The van der Waals surface area contributed by atoms with Gasteiger partial charge >= 0.3 is 0 Å². The van der Waals surface area contributed by atoms with Crippen LogP contribution in [0.4, 0.5) is 0 Å². The van der Waals surface area contributed by atoms with Crippen LogP contribution in [0.5, 0.6) is 0 Å². The molecule has 0 radical (unpaired) electrons. The van der Waals surface area contributed by atoms with E-state index in [0.29, 0.717) is 17.5 Å². The quantitative estimate of drug-likeness (QED) is 0.174. The molecule has 10 rings (SSSR count). The average Bonchev–Trinajstić information content (AvgIpc) is 3.60. The lowest BCUT2D eigenvalue weighted by atomic mass is 9.93. The van der Waals surface area contributed by atoms with Crippen LogP contribution in [0.3, 0.4) is 0 Å². The van der Waals surface area contributed by atoms with Crippen LogP contribution < -0.4 is 0 Å². The fourth-order valence-electron chi connectivity index (χ4n) is 7.32. The number of fused-ring (bicyclic) bond motifs is 6. The lowest BCUT2D eigenvalue weighted by molar-refractivity contribution is 0.669. The summed E-state index contributed by atoms with van der Waals surface area (Å²) in [5.41, 5.74) is 8.75. The SMILES string of the molecule is c1ccc(-c2ccccc2-c2nc(-c3ccc(-c4cccc5ccc6ccccc6c45)cc3)nc(-c3cccc4c3oc3ccccc34)n2)cc1. The standard InChI is InChI=1S/C47H29N3O/c1-2-12-30(13-3-1)35-16-6-7-19-40(35)46-48-45(49-47(50-46)41-22-11-21-39-38-18-8-9-23-42(38)51-44(39)41)34-28-25-32(26-29-34)37-20-10-15-33-27-24-31-14-4-5-17-36(31)43(33)37/h1-29H. The highest BCUT2D eigenvalue weighted by atomic mass is 16.3. The van der Waals surface area contributed by atoms with Crippen LogP contribution in [0.25, 0.3) is 99.9 Å². The molecule has 0 bridgehead atoms. The average molecular weight is 652 g/mol. The van der Waals surface area contributed by atoms with Crippen molar-refractivity contribution in [3.8, 4) is 56.4 Å². The van der Waals surface area contributed by atoms with Gasteiger partial charge in [-0.05, 0) is 55.9 Å². The molecule has 2 aromatic heterocycles. The van der Waals surface area contributed by atoms with Crippen molar-refractivity contribution in [2.24, 2.45) is 0 Å². The van der Waals surface area contributed by atoms with E-state index in [0.717, 1.165) is 55.3 Å². The van der Waals surface area contributed by atoms with Crippen LogP contribution in [-0.2, 0) is 0 Å². The van der Waals surface area contributed by atoms with Crippen LogP contribution in [0, 0.1) is 0 Å². The summed E-state index contributed by atoms with van der Waals surface area (Å²) in [6.07, 6.45) is 0. The van der Waals surface area contributed by atoms with Gasteiger partial charge in [-0.2, -0.15) is 0 Å². The first-order valence-corrected chi connectivity index (χ1v) is 17.1. The van der Waals surface area contributed by atoms with E-state index >= 15 is 0 Å². The highest BCUT2D eigenvalue weighted by Gasteiger charge is 2.19. The number of benzene rings is 8. The first-order valence-electron chi connectivity index (χ1n) is 17.1. The monoisotopic (exact) mass is 651 g/mol. The first kappa shape index (κ1) is 29.0. The molecule has 4 nitrogen and oxygen atoms in total. The zero-order valence-corrected chi connectivity index (χ0v) is 27.5. The Morgan fingerprint density at radius 2 is 0.863 bits per heavy atom. The molecule has 0 saturated heterocycles. The van der Waals surface area contributed by atoms with E-state index in [1.807, 2.05) is 42.5 Å². The minimum Gasteiger partial charge on any atom is -0.455 e. The molecule has 0 aliphatic carbocycles. The van der Waals surface area contributed by atoms with Crippen LogP contribution in [0.15, 0.2) is 180 Å².